The van der Waals surface area contributed by atoms with Gasteiger partial charge in [0.05, 0.1) is 24.0 Å². The van der Waals surface area contributed by atoms with Crippen LogP contribution in [0.2, 0.25) is 0 Å². The van der Waals surface area contributed by atoms with Crippen LogP contribution in [0.25, 0.3) is 0 Å². The number of anilines is 2. The zero-order chi connectivity index (χ0) is 22.7. The number of hydrogen-bond donors (Lipinski definition) is 2. The minimum absolute atomic E-state index is 0.0373. The lowest BCUT2D eigenvalue weighted by atomic mass is 9.94. The molecule has 8 heteroatoms. The highest BCUT2D eigenvalue weighted by atomic mass is 16.5. The lowest BCUT2D eigenvalue weighted by Gasteiger charge is -2.29. The number of para-hydroxylation sites is 2. The zero-order valence-corrected chi connectivity index (χ0v) is 18.6. The molecule has 0 saturated heterocycles. The number of rotatable bonds is 7. The number of ether oxygens (including phenoxy) is 2. The Morgan fingerprint density at radius 3 is 2.81 bits per heavy atom. The maximum absolute atomic E-state index is 13.6. The van der Waals surface area contributed by atoms with Crippen molar-refractivity contribution in [3.63, 3.8) is 0 Å². The largest absolute Gasteiger partial charge is 0.492 e. The molecule has 1 amide bonds. The molecular weight excluding hydrogens is 406 g/mol. The highest BCUT2D eigenvalue weighted by Crippen LogP contribution is 2.37. The Morgan fingerprint density at radius 2 is 2.03 bits per heavy atom. The van der Waals surface area contributed by atoms with Crippen molar-refractivity contribution in [1.82, 2.24) is 14.8 Å². The summed E-state index contributed by atoms with van der Waals surface area (Å²) < 4.78 is 13.3. The fourth-order valence-corrected chi connectivity index (χ4v) is 3.76. The highest BCUT2D eigenvalue weighted by Gasteiger charge is 2.34. The van der Waals surface area contributed by atoms with Gasteiger partial charge < -0.3 is 20.1 Å². The number of fused-ring (bicyclic) bond motifs is 1. The summed E-state index contributed by atoms with van der Waals surface area (Å²) in [5.41, 5.74) is 2.73. The molecule has 0 spiro atoms. The first kappa shape index (κ1) is 21.4. The van der Waals surface area contributed by atoms with Gasteiger partial charge in [0.1, 0.15) is 23.9 Å². The van der Waals surface area contributed by atoms with E-state index in [1.807, 2.05) is 76.2 Å². The van der Waals surface area contributed by atoms with Gasteiger partial charge in [0.2, 0.25) is 5.95 Å². The SMILES string of the molecule is CCOc1ccccc1NC(=O)C1=C(C)Nc2ncnn2C1c1cccc(OC(C)C)c1. The molecule has 166 valence electrons. The summed E-state index contributed by atoms with van der Waals surface area (Å²) in [5, 5.41) is 10.6. The molecule has 1 aliphatic heterocycles. The van der Waals surface area contributed by atoms with Crippen LogP contribution >= 0.6 is 0 Å². The molecule has 0 bridgehead atoms. The van der Waals surface area contributed by atoms with Crippen LogP contribution in [0.3, 0.4) is 0 Å². The van der Waals surface area contributed by atoms with Crippen molar-refractivity contribution in [2.24, 2.45) is 0 Å². The van der Waals surface area contributed by atoms with Crippen LogP contribution in [-0.4, -0.2) is 33.4 Å². The summed E-state index contributed by atoms with van der Waals surface area (Å²) in [7, 11) is 0. The van der Waals surface area contributed by atoms with Crippen LogP contribution in [0, 0.1) is 0 Å². The molecule has 0 radical (unpaired) electrons. The minimum atomic E-state index is -0.469. The second-order valence-electron chi connectivity index (χ2n) is 7.72. The van der Waals surface area contributed by atoms with Crippen molar-refractivity contribution in [2.75, 3.05) is 17.2 Å². The average Bonchev–Trinajstić information content (AvgIpc) is 3.22. The van der Waals surface area contributed by atoms with Crippen molar-refractivity contribution < 1.29 is 14.3 Å². The Hall–Kier alpha value is -3.81. The fourth-order valence-electron chi connectivity index (χ4n) is 3.76. The van der Waals surface area contributed by atoms with Gasteiger partial charge in [-0.1, -0.05) is 24.3 Å². The average molecular weight is 434 g/mol. The monoisotopic (exact) mass is 433 g/mol. The first-order valence-electron chi connectivity index (χ1n) is 10.6. The van der Waals surface area contributed by atoms with Gasteiger partial charge in [-0.15, -0.1) is 0 Å². The van der Waals surface area contributed by atoms with E-state index in [0.29, 0.717) is 35.3 Å². The molecule has 2 N–H and O–H groups in total. The third kappa shape index (κ3) is 4.30. The van der Waals surface area contributed by atoms with Gasteiger partial charge >= 0.3 is 0 Å². The van der Waals surface area contributed by atoms with Gasteiger partial charge in [-0.25, -0.2) is 4.68 Å². The maximum Gasteiger partial charge on any atom is 0.255 e. The van der Waals surface area contributed by atoms with Crippen LogP contribution < -0.4 is 20.1 Å². The molecule has 4 rings (SSSR count). The van der Waals surface area contributed by atoms with Crippen molar-refractivity contribution >= 4 is 17.5 Å². The van der Waals surface area contributed by atoms with E-state index < -0.39 is 6.04 Å². The molecule has 1 atom stereocenters. The minimum Gasteiger partial charge on any atom is -0.492 e. The molecule has 1 aliphatic rings. The maximum atomic E-state index is 13.6. The fraction of sp³-hybridized carbons (Fsp3) is 0.292. The second-order valence-corrected chi connectivity index (χ2v) is 7.72. The molecular formula is C24H27N5O3. The van der Waals surface area contributed by atoms with Gasteiger partial charge in [0, 0.05) is 5.70 Å². The van der Waals surface area contributed by atoms with Crippen LogP contribution in [0.4, 0.5) is 11.6 Å². The third-order valence-corrected chi connectivity index (χ3v) is 5.02. The Morgan fingerprint density at radius 1 is 1.22 bits per heavy atom. The van der Waals surface area contributed by atoms with Gasteiger partial charge in [-0.2, -0.15) is 10.1 Å². The molecule has 3 aromatic rings. The predicted octanol–water partition coefficient (Wildman–Crippen LogP) is 4.39. The van der Waals surface area contributed by atoms with Crippen molar-refractivity contribution in [2.45, 2.75) is 39.8 Å². The smallest absolute Gasteiger partial charge is 0.255 e. The van der Waals surface area contributed by atoms with Crippen LogP contribution in [0.1, 0.15) is 39.3 Å². The van der Waals surface area contributed by atoms with E-state index in [4.69, 9.17) is 9.47 Å². The predicted molar refractivity (Wildman–Crippen MR) is 123 cm³/mol. The number of carbonyl (C=O) groups excluding carboxylic acids is 1. The molecule has 1 aromatic heterocycles. The number of amides is 1. The number of benzene rings is 2. The standard InChI is InChI=1S/C24H27N5O3/c1-5-31-20-12-7-6-11-19(20)28-23(30)21-16(4)27-24-25-14-26-29(24)22(21)17-9-8-10-18(13-17)32-15(2)3/h6-15,22H,5H2,1-4H3,(H,28,30)(H,25,26,27). The van der Waals surface area contributed by atoms with E-state index in [1.54, 1.807) is 4.68 Å². The van der Waals surface area contributed by atoms with E-state index in [9.17, 15) is 4.79 Å². The summed E-state index contributed by atoms with van der Waals surface area (Å²) in [5.74, 6) is 1.69. The molecule has 0 saturated carbocycles. The van der Waals surface area contributed by atoms with Crippen molar-refractivity contribution in [3.8, 4) is 11.5 Å². The lowest BCUT2D eigenvalue weighted by molar-refractivity contribution is -0.113. The van der Waals surface area contributed by atoms with Gasteiger partial charge in [-0.3, -0.25) is 4.79 Å². The van der Waals surface area contributed by atoms with Gasteiger partial charge in [0.15, 0.2) is 0 Å². The summed E-state index contributed by atoms with van der Waals surface area (Å²) in [6.07, 6.45) is 1.51. The highest BCUT2D eigenvalue weighted by molar-refractivity contribution is 6.06. The molecule has 8 nitrogen and oxygen atoms in total. The van der Waals surface area contributed by atoms with Crippen LogP contribution in [-0.2, 0) is 4.79 Å². The van der Waals surface area contributed by atoms with Gasteiger partial charge in [-0.05, 0) is 57.5 Å². The number of nitrogens with zero attached hydrogens (tertiary/aromatic N) is 3. The Kier molecular flexibility index (Phi) is 6.11. The first-order valence-corrected chi connectivity index (χ1v) is 10.6. The molecule has 1 unspecified atom stereocenters. The second kappa shape index (κ2) is 9.13. The molecule has 0 aliphatic carbocycles. The topological polar surface area (TPSA) is 90.3 Å². The third-order valence-electron chi connectivity index (χ3n) is 5.02. The number of allylic oxidation sites excluding steroid dienone is 1. The molecule has 2 aromatic carbocycles. The molecule has 0 fully saturated rings. The zero-order valence-electron chi connectivity index (χ0n) is 18.6. The number of carbonyl (C=O) groups is 1. The summed E-state index contributed by atoms with van der Waals surface area (Å²) >= 11 is 0. The Bertz CT molecular complexity index is 1150. The lowest BCUT2D eigenvalue weighted by Crippen LogP contribution is -2.31. The van der Waals surface area contributed by atoms with E-state index in [-0.39, 0.29) is 12.0 Å². The quantitative estimate of drug-likeness (QED) is 0.574. The summed E-state index contributed by atoms with van der Waals surface area (Å²) in [6.45, 7) is 8.23. The Balaban J connectivity index is 1.74. The molecule has 2 heterocycles. The van der Waals surface area contributed by atoms with E-state index in [0.717, 1.165) is 11.3 Å². The number of hydrogen-bond acceptors (Lipinski definition) is 6. The Labute approximate surface area is 187 Å². The first-order chi connectivity index (χ1) is 15.5. The molecule has 32 heavy (non-hydrogen) atoms. The van der Waals surface area contributed by atoms with Gasteiger partial charge in [0.25, 0.3) is 5.91 Å². The number of aromatic nitrogens is 3. The van der Waals surface area contributed by atoms with Crippen molar-refractivity contribution in [1.29, 1.82) is 0 Å². The number of nitrogens with one attached hydrogen (secondary N) is 2. The normalized spacial score (nSPS) is 15.2. The van der Waals surface area contributed by atoms with E-state index in [2.05, 4.69) is 20.7 Å². The van der Waals surface area contributed by atoms with Crippen LogP contribution in [0.15, 0.2) is 66.1 Å². The summed E-state index contributed by atoms with van der Waals surface area (Å²) in [4.78, 5) is 17.8. The van der Waals surface area contributed by atoms with E-state index in [1.165, 1.54) is 6.33 Å². The van der Waals surface area contributed by atoms with E-state index >= 15 is 0 Å². The van der Waals surface area contributed by atoms with Crippen LogP contribution in [0.5, 0.6) is 11.5 Å². The summed E-state index contributed by atoms with van der Waals surface area (Å²) in [6, 6.07) is 14.6. The van der Waals surface area contributed by atoms with Crippen molar-refractivity contribution in [3.05, 3.63) is 71.7 Å².